The summed E-state index contributed by atoms with van der Waals surface area (Å²) in [5.74, 6) is -1.41. The molecule has 2 aromatic rings. The predicted octanol–water partition coefficient (Wildman–Crippen LogP) is 1.68. The number of nitrogens with zero attached hydrogens (tertiary/aromatic N) is 5. The molecule has 0 aliphatic carbocycles. The van der Waals surface area contributed by atoms with Crippen LogP contribution in [0, 0.1) is 11.6 Å². The number of aromatic nitrogens is 3. The molecule has 0 saturated carbocycles. The van der Waals surface area contributed by atoms with E-state index in [4.69, 9.17) is 10.5 Å². The van der Waals surface area contributed by atoms with Crippen molar-refractivity contribution in [3.63, 3.8) is 0 Å². The average molecular weight is 378 g/mol. The summed E-state index contributed by atoms with van der Waals surface area (Å²) in [5, 5.41) is 8.26. The Bertz CT molecular complexity index is 800. The molecule has 0 spiro atoms. The number of hydrogen-bond acceptors (Lipinski definition) is 6. The molecule has 2 aliphatic heterocycles. The zero-order valence-electron chi connectivity index (χ0n) is 14.6. The van der Waals surface area contributed by atoms with Gasteiger partial charge < -0.3 is 15.4 Å². The lowest BCUT2D eigenvalue weighted by Crippen LogP contribution is -2.36. The van der Waals surface area contributed by atoms with E-state index in [2.05, 4.69) is 10.2 Å². The van der Waals surface area contributed by atoms with Gasteiger partial charge in [0.1, 0.15) is 11.8 Å². The first-order chi connectivity index (χ1) is 13.1. The number of carbonyl (C=O) groups is 1. The lowest BCUT2D eigenvalue weighted by molar-refractivity contribution is 0.145. The van der Waals surface area contributed by atoms with Crippen molar-refractivity contribution < 1.29 is 18.3 Å². The Morgan fingerprint density at radius 3 is 2.33 bits per heavy atom. The van der Waals surface area contributed by atoms with Crippen LogP contribution in [0.25, 0.3) is 0 Å². The third-order valence-electron chi connectivity index (χ3n) is 4.99. The quantitative estimate of drug-likeness (QED) is 0.871. The van der Waals surface area contributed by atoms with Gasteiger partial charge in [-0.15, -0.1) is 0 Å². The van der Waals surface area contributed by atoms with Gasteiger partial charge in [0.15, 0.2) is 11.6 Å². The van der Waals surface area contributed by atoms with Crippen LogP contribution in [0.15, 0.2) is 24.5 Å². The zero-order chi connectivity index (χ0) is 19.0. The van der Waals surface area contributed by atoms with E-state index in [1.54, 1.807) is 22.1 Å². The Balaban J connectivity index is 1.50. The number of halogens is 2. The van der Waals surface area contributed by atoms with Gasteiger partial charge in [-0.25, -0.2) is 13.6 Å². The first kappa shape index (κ1) is 17.7. The van der Waals surface area contributed by atoms with Crippen molar-refractivity contribution in [2.75, 3.05) is 36.0 Å². The van der Waals surface area contributed by atoms with E-state index < -0.39 is 23.8 Å². The van der Waals surface area contributed by atoms with Crippen LogP contribution in [0.2, 0.25) is 0 Å². The minimum atomic E-state index is -0.704. The maximum Gasteiger partial charge on any atom is 0.414 e. The molecule has 2 N–H and O–H groups in total. The fourth-order valence-corrected chi connectivity index (χ4v) is 3.60. The fraction of sp³-hybridized carbons (Fsp3) is 0.471. The molecule has 2 saturated heterocycles. The number of hydrogen-bond donors (Lipinski definition) is 1. The smallest absolute Gasteiger partial charge is 0.414 e. The second-order valence-corrected chi connectivity index (χ2v) is 6.68. The highest BCUT2D eigenvalue weighted by molar-refractivity contribution is 5.90. The Kier molecular flexibility index (Phi) is 4.65. The first-order valence-electron chi connectivity index (χ1n) is 8.85. The number of cyclic esters (lactones) is 1. The second-order valence-electron chi connectivity index (χ2n) is 6.68. The molecule has 2 fully saturated rings. The Morgan fingerprint density at radius 2 is 1.78 bits per heavy atom. The number of nitrogens with two attached hydrogens (primary N) is 1. The molecular weight excluding hydrogens is 358 g/mol. The van der Waals surface area contributed by atoms with Crippen molar-refractivity contribution in [1.82, 2.24) is 15.0 Å². The Labute approximate surface area is 154 Å². The summed E-state index contributed by atoms with van der Waals surface area (Å²) in [6.07, 6.45) is 3.48. The summed E-state index contributed by atoms with van der Waals surface area (Å²) in [6, 6.07) is 2.45. The molecule has 1 atom stereocenters. The van der Waals surface area contributed by atoms with Gasteiger partial charge in [-0.2, -0.15) is 15.0 Å². The minimum absolute atomic E-state index is 0.0754. The van der Waals surface area contributed by atoms with Crippen molar-refractivity contribution in [3.8, 4) is 0 Å². The van der Waals surface area contributed by atoms with Crippen molar-refractivity contribution in [3.05, 3.63) is 36.2 Å². The summed E-state index contributed by atoms with van der Waals surface area (Å²) in [5.41, 5.74) is 5.55. The maximum absolute atomic E-state index is 14.7. The highest BCUT2D eigenvalue weighted by atomic mass is 19.1. The van der Waals surface area contributed by atoms with Crippen molar-refractivity contribution in [1.29, 1.82) is 0 Å². The number of ether oxygens (including phenoxy) is 1. The molecule has 4 rings (SSSR count). The van der Waals surface area contributed by atoms with Gasteiger partial charge in [0.05, 0.1) is 30.7 Å². The monoisotopic (exact) mass is 378 g/mol. The molecule has 1 amide bonds. The van der Waals surface area contributed by atoms with E-state index in [0.29, 0.717) is 25.9 Å². The highest BCUT2D eigenvalue weighted by Crippen LogP contribution is 2.33. The van der Waals surface area contributed by atoms with E-state index in [0.717, 1.165) is 0 Å². The van der Waals surface area contributed by atoms with Crippen LogP contribution in [0.3, 0.4) is 0 Å². The topological polar surface area (TPSA) is 89.5 Å². The lowest BCUT2D eigenvalue weighted by atomic mass is 10.0. The summed E-state index contributed by atoms with van der Waals surface area (Å²) in [4.78, 5) is 16.4. The molecule has 1 aromatic heterocycles. The summed E-state index contributed by atoms with van der Waals surface area (Å²) in [7, 11) is 0. The molecular formula is C17H20F2N6O2. The highest BCUT2D eigenvalue weighted by Gasteiger charge is 2.33. The van der Waals surface area contributed by atoms with Crippen molar-refractivity contribution >= 4 is 17.5 Å². The molecule has 1 aromatic carbocycles. The van der Waals surface area contributed by atoms with Gasteiger partial charge in [0, 0.05) is 31.8 Å². The molecule has 8 nitrogen and oxygen atoms in total. The fourth-order valence-electron chi connectivity index (χ4n) is 3.60. The zero-order valence-corrected chi connectivity index (χ0v) is 14.6. The van der Waals surface area contributed by atoms with Gasteiger partial charge in [-0.1, -0.05) is 0 Å². The molecule has 2 aliphatic rings. The first-order valence-corrected chi connectivity index (χ1v) is 8.85. The van der Waals surface area contributed by atoms with E-state index >= 15 is 0 Å². The molecule has 27 heavy (non-hydrogen) atoms. The van der Waals surface area contributed by atoms with Crippen LogP contribution in [-0.2, 0) is 4.74 Å². The second kappa shape index (κ2) is 7.10. The molecule has 10 heteroatoms. The Hall–Kier alpha value is -2.75. The third kappa shape index (κ3) is 3.32. The SMILES string of the molecule is NC[C@H]1CN(c2cc(F)c(N3CCC(n4nccn4)CC3)c(F)c2)C(=O)O1. The number of piperidine rings is 1. The van der Waals surface area contributed by atoms with Gasteiger partial charge in [-0.05, 0) is 12.8 Å². The molecule has 0 unspecified atom stereocenters. The van der Waals surface area contributed by atoms with Crippen LogP contribution in [0.1, 0.15) is 18.9 Å². The summed E-state index contributed by atoms with van der Waals surface area (Å²) in [6.45, 7) is 1.31. The number of benzene rings is 1. The number of rotatable bonds is 4. The average Bonchev–Trinajstić information content (AvgIpc) is 3.31. The largest absolute Gasteiger partial charge is 0.443 e. The van der Waals surface area contributed by atoms with E-state index in [-0.39, 0.29) is 30.5 Å². The van der Waals surface area contributed by atoms with Gasteiger partial charge >= 0.3 is 6.09 Å². The number of carbonyl (C=O) groups excluding carboxylic acids is 1. The minimum Gasteiger partial charge on any atom is -0.443 e. The molecule has 0 radical (unpaired) electrons. The number of amides is 1. The summed E-state index contributed by atoms with van der Waals surface area (Å²) >= 11 is 0. The molecule has 0 bridgehead atoms. The predicted molar refractivity (Wildman–Crippen MR) is 93.5 cm³/mol. The normalized spacial score (nSPS) is 21.0. The van der Waals surface area contributed by atoms with Crippen LogP contribution in [0.5, 0.6) is 0 Å². The van der Waals surface area contributed by atoms with Gasteiger partial charge in [-0.3, -0.25) is 4.90 Å². The summed E-state index contributed by atoms with van der Waals surface area (Å²) < 4.78 is 34.5. The molecule has 3 heterocycles. The van der Waals surface area contributed by atoms with Crippen LogP contribution in [-0.4, -0.2) is 53.4 Å². The van der Waals surface area contributed by atoms with Crippen LogP contribution < -0.4 is 15.5 Å². The number of anilines is 2. The van der Waals surface area contributed by atoms with E-state index in [1.807, 2.05) is 0 Å². The van der Waals surface area contributed by atoms with Crippen LogP contribution >= 0.6 is 0 Å². The third-order valence-corrected chi connectivity index (χ3v) is 4.99. The van der Waals surface area contributed by atoms with E-state index in [1.165, 1.54) is 17.0 Å². The van der Waals surface area contributed by atoms with Crippen molar-refractivity contribution in [2.24, 2.45) is 5.73 Å². The van der Waals surface area contributed by atoms with Gasteiger partial charge in [0.25, 0.3) is 0 Å². The standard InChI is InChI=1S/C17H20F2N6O2/c18-14-7-12(24-10-13(9-20)27-17(24)26)8-15(19)16(14)23-5-1-11(2-6-23)25-21-3-4-22-25/h3-4,7-8,11,13H,1-2,5-6,9-10,20H2/t13-/m0/s1. The van der Waals surface area contributed by atoms with Crippen LogP contribution in [0.4, 0.5) is 25.0 Å². The van der Waals surface area contributed by atoms with Crippen molar-refractivity contribution in [2.45, 2.75) is 25.0 Å². The Morgan fingerprint density at radius 1 is 1.15 bits per heavy atom. The van der Waals surface area contributed by atoms with Gasteiger partial charge in [0.2, 0.25) is 0 Å². The maximum atomic E-state index is 14.7. The molecule has 144 valence electrons. The van der Waals surface area contributed by atoms with E-state index in [9.17, 15) is 13.6 Å². The lowest BCUT2D eigenvalue weighted by Gasteiger charge is -2.33.